The van der Waals surface area contributed by atoms with E-state index in [1.807, 2.05) is 6.07 Å². The molecule has 0 bridgehead atoms. The van der Waals surface area contributed by atoms with Crippen LogP contribution in [0.4, 0.5) is 22.0 Å². The van der Waals surface area contributed by atoms with Crippen LogP contribution in [0.5, 0.6) is 5.88 Å². The SMILES string of the molecule is CC(=O)[C@H]1[C@@H]2Cc3cc(OCc4cccc(-n5c(C(F)(F)F)nc6ccc(F)c(F)c65)c4C)ncc3[C@@H]21. The van der Waals surface area contributed by atoms with E-state index in [0.29, 0.717) is 27.5 Å². The van der Waals surface area contributed by atoms with Gasteiger partial charge < -0.3 is 4.74 Å². The van der Waals surface area contributed by atoms with Gasteiger partial charge in [-0.15, -0.1) is 0 Å². The number of Topliss-reactive ketones (excluding diaryl/α,β-unsaturated/α-hetero) is 1. The first kappa shape index (κ1) is 23.6. The van der Waals surface area contributed by atoms with Crippen molar-refractivity contribution in [3.63, 3.8) is 0 Å². The third kappa shape index (κ3) is 3.69. The largest absolute Gasteiger partial charge is 0.473 e. The Balaban J connectivity index is 1.33. The summed E-state index contributed by atoms with van der Waals surface area (Å²) < 4.78 is 76.7. The molecule has 2 aliphatic carbocycles. The van der Waals surface area contributed by atoms with Gasteiger partial charge in [0.1, 0.15) is 17.9 Å². The maximum absolute atomic E-state index is 14.7. The molecule has 2 aromatic carbocycles. The second-order valence-corrected chi connectivity index (χ2v) is 9.60. The number of fused-ring (bicyclic) bond motifs is 4. The Bertz CT molecular complexity index is 1590. The first-order valence-corrected chi connectivity index (χ1v) is 11.7. The molecule has 6 rings (SSSR count). The Labute approximate surface area is 207 Å². The predicted molar refractivity (Wildman–Crippen MR) is 123 cm³/mol. The lowest BCUT2D eigenvalue weighted by Crippen LogP contribution is -2.15. The fraction of sp³-hybridized carbons (Fsp3) is 0.296. The fourth-order valence-corrected chi connectivity index (χ4v) is 5.65. The number of halogens is 5. The molecule has 5 nitrogen and oxygen atoms in total. The molecular formula is C27H20F5N3O2. The summed E-state index contributed by atoms with van der Waals surface area (Å²) in [6.07, 6.45) is -2.39. The summed E-state index contributed by atoms with van der Waals surface area (Å²) >= 11 is 0. The summed E-state index contributed by atoms with van der Waals surface area (Å²) in [7, 11) is 0. The third-order valence-corrected chi connectivity index (χ3v) is 7.45. The van der Waals surface area contributed by atoms with Crippen molar-refractivity contribution < 1.29 is 31.5 Å². The van der Waals surface area contributed by atoms with Crippen LogP contribution in [0.2, 0.25) is 0 Å². The summed E-state index contributed by atoms with van der Waals surface area (Å²) in [4.78, 5) is 19.6. The van der Waals surface area contributed by atoms with Crippen LogP contribution < -0.4 is 4.74 Å². The number of nitrogens with zero attached hydrogens (tertiary/aromatic N) is 3. The third-order valence-electron chi connectivity index (χ3n) is 7.45. The zero-order valence-corrected chi connectivity index (χ0v) is 19.7. The van der Waals surface area contributed by atoms with Gasteiger partial charge in [-0.25, -0.2) is 18.7 Å². The number of ether oxygens (including phenoxy) is 1. The number of carbonyl (C=O) groups is 1. The van der Waals surface area contributed by atoms with E-state index in [9.17, 15) is 26.7 Å². The Morgan fingerprint density at radius 3 is 2.70 bits per heavy atom. The molecule has 0 N–H and O–H groups in total. The lowest BCUT2D eigenvalue weighted by atomic mass is 10.0. The van der Waals surface area contributed by atoms with Gasteiger partial charge in [0.2, 0.25) is 11.7 Å². The zero-order valence-electron chi connectivity index (χ0n) is 19.7. The average molecular weight is 513 g/mol. The molecule has 0 saturated heterocycles. The van der Waals surface area contributed by atoms with Crippen LogP contribution in [0.3, 0.4) is 0 Å². The van der Waals surface area contributed by atoms with Crippen LogP contribution in [0, 0.1) is 30.4 Å². The summed E-state index contributed by atoms with van der Waals surface area (Å²) in [5.41, 5.74) is 2.21. The Morgan fingerprint density at radius 1 is 1.19 bits per heavy atom. The minimum absolute atomic E-state index is 0.000782. The number of aromatic nitrogens is 3. The van der Waals surface area contributed by atoms with E-state index in [0.717, 1.165) is 29.7 Å². The van der Waals surface area contributed by atoms with E-state index in [1.54, 1.807) is 26.1 Å². The molecule has 3 atom stereocenters. The number of hydrogen-bond donors (Lipinski definition) is 0. The zero-order chi connectivity index (χ0) is 26.2. The number of alkyl halides is 3. The van der Waals surface area contributed by atoms with Crippen LogP contribution in [-0.2, 0) is 24.0 Å². The van der Waals surface area contributed by atoms with Crippen molar-refractivity contribution in [1.82, 2.24) is 14.5 Å². The van der Waals surface area contributed by atoms with Crippen molar-refractivity contribution in [2.45, 2.75) is 39.0 Å². The van der Waals surface area contributed by atoms with E-state index >= 15 is 0 Å². The Hall–Kier alpha value is -3.82. The van der Waals surface area contributed by atoms with Gasteiger partial charge in [0.15, 0.2) is 11.6 Å². The monoisotopic (exact) mass is 513 g/mol. The van der Waals surface area contributed by atoms with Crippen LogP contribution in [0.25, 0.3) is 16.7 Å². The van der Waals surface area contributed by atoms with E-state index in [2.05, 4.69) is 9.97 Å². The van der Waals surface area contributed by atoms with Gasteiger partial charge in [0.05, 0.1) is 11.2 Å². The first-order valence-electron chi connectivity index (χ1n) is 11.7. The van der Waals surface area contributed by atoms with Gasteiger partial charge >= 0.3 is 6.18 Å². The van der Waals surface area contributed by atoms with Crippen molar-refractivity contribution in [3.05, 3.63) is 82.3 Å². The van der Waals surface area contributed by atoms with E-state index in [-0.39, 0.29) is 35.4 Å². The standard InChI is InChI=1S/C27H20F5N3O2/c1-12-14(11-37-21-9-15-8-16-22(13(2)36)23(16)17(15)10-33-21)4-3-5-20(12)35-25-19(7-6-18(28)24(25)29)34-26(35)27(30,31)32/h3-7,9-10,16,22-23H,8,11H2,1-2H3/t16-,22-,23+/m0/s1. The van der Waals surface area contributed by atoms with Crippen molar-refractivity contribution in [1.29, 1.82) is 0 Å². The van der Waals surface area contributed by atoms with Crippen LogP contribution in [0.1, 0.15) is 40.9 Å². The minimum Gasteiger partial charge on any atom is -0.473 e. The van der Waals surface area contributed by atoms with Crippen molar-refractivity contribution in [2.75, 3.05) is 0 Å². The minimum atomic E-state index is -4.91. The van der Waals surface area contributed by atoms with E-state index in [4.69, 9.17) is 4.74 Å². The van der Waals surface area contributed by atoms with Gasteiger partial charge in [-0.3, -0.25) is 9.36 Å². The molecular weight excluding hydrogens is 493 g/mol. The van der Waals surface area contributed by atoms with Gasteiger partial charge in [-0.2, -0.15) is 13.2 Å². The quantitative estimate of drug-likeness (QED) is 0.304. The maximum atomic E-state index is 14.7. The summed E-state index contributed by atoms with van der Waals surface area (Å²) in [5.74, 6) is -2.85. The summed E-state index contributed by atoms with van der Waals surface area (Å²) in [5, 5.41) is 0. The summed E-state index contributed by atoms with van der Waals surface area (Å²) in [6.45, 7) is 3.20. The highest BCUT2D eigenvalue weighted by molar-refractivity contribution is 5.84. The number of imidazole rings is 1. The molecule has 2 heterocycles. The van der Waals surface area contributed by atoms with Crippen molar-refractivity contribution >= 4 is 16.8 Å². The first-order chi connectivity index (χ1) is 17.6. The smallest absolute Gasteiger partial charge is 0.450 e. The molecule has 0 radical (unpaired) electrons. The number of hydrogen-bond acceptors (Lipinski definition) is 4. The molecule has 1 saturated carbocycles. The van der Waals surface area contributed by atoms with Gasteiger partial charge in [0, 0.05) is 18.2 Å². The number of rotatable bonds is 5. The molecule has 190 valence electrons. The second kappa shape index (κ2) is 8.09. The molecule has 2 aromatic heterocycles. The highest BCUT2D eigenvalue weighted by Gasteiger charge is 2.58. The lowest BCUT2D eigenvalue weighted by molar-refractivity contribution is -0.145. The van der Waals surface area contributed by atoms with E-state index < -0.39 is 29.2 Å². The Morgan fingerprint density at radius 2 is 1.97 bits per heavy atom. The van der Waals surface area contributed by atoms with Gasteiger partial charge in [-0.1, -0.05) is 12.1 Å². The summed E-state index contributed by atoms with van der Waals surface area (Å²) in [6, 6.07) is 8.20. The van der Waals surface area contributed by atoms with Gasteiger partial charge in [0.25, 0.3) is 0 Å². The number of carbonyl (C=O) groups excluding carboxylic acids is 1. The molecule has 0 spiro atoms. The normalized spacial score (nSPS) is 20.1. The molecule has 10 heteroatoms. The maximum Gasteiger partial charge on any atom is 0.450 e. The fourth-order valence-electron chi connectivity index (χ4n) is 5.65. The van der Waals surface area contributed by atoms with Crippen LogP contribution in [-0.4, -0.2) is 20.3 Å². The van der Waals surface area contributed by atoms with E-state index in [1.165, 1.54) is 12.1 Å². The van der Waals surface area contributed by atoms with Crippen molar-refractivity contribution in [3.8, 4) is 11.6 Å². The van der Waals surface area contributed by atoms with Crippen molar-refractivity contribution in [2.24, 2.45) is 11.8 Å². The highest BCUT2D eigenvalue weighted by Crippen LogP contribution is 2.61. The highest BCUT2D eigenvalue weighted by atomic mass is 19.4. The second-order valence-electron chi connectivity index (χ2n) is 9.60. The van der Waals surface area contributed by atoms with Gasteiger partial charge in [-0.05, 0) is 72.6 Å². The predicted octanol–water partition coefficient (Wildman–Crippen LogP) is 6.08. The molecule has 0 aliphatic heterocycles. The Kier molecular flexibility index (Phi) is 5.15. The molecule has 0 unspecified atom stereocenters. The molecule has 2 aliphatic rings. The number of pyridine rings is 1. The topological polar surface area (TPSA) is 57.0 Å². The van der Waals surface area contributed by atoms with Crippen LogP contribution in [0.15, 0.2) is 42.6 Å². The number of benzene rings is 2. The number of ketones is 1. The lowest BCUT2D eigenvalue weighted by Gasteiger charge is -2.17. The molecule has 1 fully saturated rings. The average Bonchev–Trinajstić information content (AvgIpc) is 3.22. The van der Waals surface area contributed by atoms with Crippen LogP contribution >= 0.6 is 0 Å². The molecule has 4 aromatic rings. The molecule has 37 heavy (non-hydrogen) atoms. The molecule has 0 amide bonds.